The zero-order valence-corrected chi connectivity index (χ0v) is 12.8. The van der Waals surface area contributed by atoms with Crippen LogP contribution in [0.3, 0.4) is 0 Å². The lowest BCUT2D eigenvalue weighted by molar-refractivity contribution is -0.139. The van der Waals surface area contributed by atoms with Crippen LogP contribution in [-0.2, 0) is 24.0 Å². The lowest BCUT2D eigenvalue weighted by Gasteiger charge is -2.19. The topological polar surface area (TPSA) is 210 Å². The van der Waals surface area contributed by atoms with Gasteiger partial charge in [0, 0.05) is 12.8 Å². The van der Waals surface area contributed by atoms with Gasteiger partial charge in [-0.05, 0) is 12.8 Å². The lowest BCUT2D eigenvalue weighted by atomic mass is 10.00. The molecular weight excluding hydrogens is 326 g/mol. The molecule has 0 radical (unpaired) electrons. The SMILES string of the molecule is NC(CCC(=O)[C@H](CCC(=O)O)NC(=O)[C@@H](N)CC(=O)O)C(=O)O. The highest BCUT2D eigenvalue weighted by molar-refractivity contribution is 5.92. The van der Waals surface area contributed by atoms with Gasteiger partial charge >= 0.3 is 17.9 Å². The zero-order valence-electron chi connectivity index (χ0n) is 12.8. The highest BCUT2D eigenvalue weighted by Gasteiger charge is 2.26. The molecule has 1 unspecified atom stereocenters. The first-order chi connectivity index (χ1) is 11.0. The number of nitrogens with one attached hydrogen (secondary N) is 1. The molecule has 11 heteroatoms. The minimum Gasteiger partial charge on any atom is -0.481 e. The van der Waals surface area contributed by atoms with E-state index in [0.717, 1.165) is 0 Å². The van der Waals surface area contributed by atoms with Crippen molar-refractivity contribution in [1.82, 2.24) is 5.32 Å². The van der Waals surface area contributed by atoms with Gasteiger partial charge in [-0.1, -0.05) is 0 Å². The van der Waals surface area contributed by atoms with E-state index in [1.807, 2.05) is 0 Å². The fraction of sp³-hybridized carbons (Fsp3) is 0.615. The predicted molar refractivity (Wildman–Crippen MR) is 78.9 cm³/mol. The van der Waals surface area contributed by atoms with E-state index in [2.05, 4.69) is 5.32 Å². The number of rotatable bonds is 12. The second-order valence-corrected chi connectivity index (χ2v) is 5.15. The smallest absolute Gasteiger partial charge is 0.320 e. The molecule has 0 saturated heterocycles. The number of carbonyl (C=O) groups excluding carboxylic acids is 2. The van der Waals surface area contributed by atoms with Gasteiger partial charge in [0.05, 0.1) is 18.5 Å². The molecule has 1 amide bonds. The molecule has 0 spiro atoms. The molecule has 0 aliphatic heterocycles. The van der Waals surface area contributed by atoms with E-state index in [4.69, 9.17) is 26.8 Å². The number of carbonyl (C=O) groups is 5. The third-order valence-electron chi connectivity index (χ3n) is 3.10. The molecular formula is C13H21N3O8. The maximum atomic E-state index is 12.0. The average Bonchev–Trinajstić information content (AvgIpc) is 2.47. The number of aliphatic carboxylic acids is 3. The minimum absolute atomic E-state index is 0.186. The Bertz CT molecular complexity index is 507. The molecule has 3 atom stereocenters. The van der Waals surface area contributed by atoms with Gasteiger partial charge < -0.3 is 32.1 Å². The van der Waals surface area contributed by atoms with E-state index in [1.54, 1.807) is 0 Å². The van der Waals surface area contributed by atoms with Gasteiger partial charge in [-0.25, -0.2) is 0 Å². The number of hydrogen-bond acceptors (Lipinski definition) is 7. The number of ketones is 1. The van der Waals surface area contributed by atoms with Crippen molar-refractivity contribution in [2.24, 2.45) is 11.5 Å². The number of amides is 1. The van der Waals surface area contributed by atoms with Crippen LogP contribution < -0.4 is 16.8 Å². The summed E-state index contributed by atoms with van der Waals surface area (Å²) < 4.78 is 0. The van der Waals surface area contributed by atoms with Crippen molar-refractivity contribution in [2.45, 2.75) is 50.2 Å². The summed E-state index contributed by atoms with van der Waals surface area (Å²) in [5.74, 6) is -5.32. The van der Waals surface area contributed by atoms with E-state index < -0.39 is 60.6 Å². The maximum absolute atomic E-state index is 12.0. The summed E-state index contributed by atoms with van der Waals surface area (Å²) in [6.45, 7) is 0. The summed E-state index contributed by atoms with van der Waals surface area (Å²) in [6.07, 6.45) is -1.78. The van der Waals surface area contributed by atoms with Crippen molar-refractivity contribution in [2.75, 3.05) is 0 Å². The van der Waals surface area contributed by atoms with Gasteiger partial charge in [-0.2, -0.15) is 0 Å². The Morgan fingerprint density at radius 1 is 0.833 bits per heavy atom. The van der Waals surface area contributed by atoms with Gasteiger partial charge in [0.25, 0.3) is 0 Å². The number of carboxylic acids is 3. The Morgan fingerprint density at radius 2 is 1.42 bits per heavy atom. The molecule has 0 bridgehead atoms. The van der Waals surface area contributed by atoms with Crippen LogP contribution in [0.1, 0.15) is 32.1 Å². The largest absolute Gasteiger partial charge is 0.481 e. The van der Waals surface area contributed by atoms with Gasteiger partial charge in [-0.15, -0.1) is 0 Å². The molecule has 0 rings (SSSR count). The monoisotopic (exact) mass is 347 g/mol. The summed E-state index contributed by atoms with van der Waals surface area (Å²) in [5.41, 5.74) is 10.6. The molecule has 0 aliphatic rings. The van der Waals surface area contributed by atoms with Crippen LogP contribution in [0.4, 0.5) is 0 Å². The van der Waals surface area contributed by atoms with Crippen LogP contribution in [0.25, 0.3) is 0 Å². The highest BCUT2D eigenvalue weighted by Crippen LogP contribution is 2.06. The first kappa shape index (κ1) is 21.5. The Labute approximate surface area is 137 Å². The lowest BCUT2D eigenvalue weighted by Crippen LogP contribution is -2.49. The van der Waals surface area contributed by atoms with Crippen LogP contribution >= 0.6 is 0 Å². The van der Waals surface area contributed by atoms with E-state index in [-0.39, 0.29) is 19.3 Å². The van der Waals surface area contributed by atoms with Crippen molar-refractivity contribution in [3.05, 3.63) is 0 Å². The van der Waals surface area contributed by atoms with E-state index in [0.29, 0.717) is 0 Å². The Kier molecular flexibility index (Phi) is 9.20. The molecule has 24 heavy (non-hydrogen) atoms. The van der Waals surface area contributed by atoms with E-state index in [1.165, 1.54) is 0 Å². The first-order valence-electron chi connectivity index (χ1n) is 7.05. The second-order valence-electron chi connectivity index (χ2n) is 5.15. The molecule has 0 aromatic carbocycles. The summed E-state index contributed by atoms with van der Waals surface area (Å²) in [5, 5.41) is 28.1. The van der Waals surface area contributed by atoms with Crippen LogP contribution in [0, 0.1) is 0 Å². The standard InChI is InChI=1S/C13H21N3O8/c14-6(13(23)24)1-3-9(17)8(2-4-10(18)19)16-12(22)7(15)5-11(20)21/h6-8H,1-5,14-15H2,(H,16,22)(H,18,19)(H,20,21)(H,23,24)/t6?,7-,8-/m0/s1. The average molecular weight is 347 g/mol. The maximum Gasteiger partial charge on any atom is 0.320 e. The molecule has 0 heterocycles. The normalized spacial score (nSPS) is 14.2. The zero-order chi connectivity index (χ0) is 18.9. The summed E-state index contributed by atoms with van der Waals surface area (Å²) in [6, 6.07) is -3.88. The number of carboxylic acid groups (broad SMARTS) is 3. The highest BCUT2D eigenvalue weighted by atomic mass is 16.4. The van der Waals surface area contributed by atoms with E-state index in [9.17, 15) is 24.0 Å². The molecule has 11 nitrogen and oxygen atoms in total. The van der Waals surface area contributed by atoms with Crippen molar-refractivity contribution >= 4 is 29.6 Å². The van der Waals surface area contributed by atoms with Crippen LogP contribution in [-0.4, -0.2) is 63.0 Å². The second kappa shape index (κ2) is 10.3. The number of Topliss-reactive ketones (excluding diaryl/α,β-unsaturated/α-hetero) is 1. The molecule has 0 aromatic rings. The molecule has 0 aliphatic carbocycles. The van der Waals surface area contributed by atoms with Gasteiger partial charge in [-0.3, -0.25) is 24.0 Å². The van der Waals surface area contributed by atoms with E-state index >= 15 is 0 Å². The van der Waals surface area contributed by atoms with Crippen molar-refractivity contribution in [3.8, 4) is 0 Å². The Balaban J connectivity index is 4.80. The summed E-state index contributed by atoms with van der Waals surface area (Å²) in [7, 11) is 0. The fourth-order valence-corrected chi connectivity index (χ4v) is 1.74. The Hall–Kier alpha value is -2.53. The van der Waals surface area contributed by atoms with Crippen molar-refractivity contribution in [3.63, 3.8) is 0 Å². The van der Waals surface area contributed by atoms with Gasteiger partial charge in [0.1, 0.15) is 6.04 Å². The molecule has 136 valence electrons. The predicted octanol–water partition coefficient (Wildman–Crippen LogP) is -2.10. The molecule has 0 aromatic heterocycles. The van der Waals surface area contributed by atoms with Crippen molar-refractivity contribution < 1.29 is 39.3 Å². The minimum atomic E-state index is -1.40. The summed E-state index contributed by atoms with van der Waals surface area (Å²) in [4.78, 5) is 55.6. The van der Waals surface area contributed by atoms with Crippen LogP contribution in [0.5, 0.6) is 0 Å². The van der Waals surface area contributed by atoms with Crippen LogP contribution in [0.2, 0.25) is 0 Å². The van der Waals surface area contributed by atoms with Crippen LogP contribution in [0.15, 0.2) is 0 Å². The number of hydrogen-bond donors (Lipinski definition) is 6. The fourth-order valence-electron chi connectivity index (χ4n) is 1.74. The van der Waals surface area contributed by atoms with Gasteiger partial charge in [0.2, 0.25) is 5.91 Å². The van der Waals surface area contributed by atoms with Crippen molar-refractivity contribution in [1.29, 1.82) is 0 Å². The third-order valence-corrected chi connectivity index (χ3v) is 3.10. The third kappa shape index (κ3) is 8.80. The molecule has 0 saturated carbocycles. The first-order valence-corrected chi connectivity index (χ1v) is 7.05. The molecule has 0 fully saturated rings. The summed E-state index contributed by atoms with van der Waals surface area (Å²) >= 11 is 0. The Morgan fingerprint density at radius 3 is 1.88 bits per heavy atom. The van der Waals surface area contributed by atoms with Gasteiger partial charge in [0.15, 0.2) is 5.78 Å². The number of nitrogens with two attached hydrogens (primary N) is 2. The quantitative estimate of drug-likeness (QED) is 0.226. The molecule has 8 N–H and O–H groups in total.